The first-order chi connectivity index (χ1) is 10.5. The van der Waals surface area contributed by atoms with Crippen LogP contribution in [0, 0.1) is 0 Å². The van der Waals surface area contributed by atoms with Gasteiger partial charge in [-0.05, 0) is 24.1 Å². The van der Waals surface area contributed by atoms with Crippen LogP contribution in [0.2, 0.25) is 0 Å². The molecule has 1 aliphatic heterocycles. The molecule has 7 heteroatoms. The summed E-state index contributed by atoms with van der Waals surface area (Å²) in [6.45, 7) is 5.79. The van der Waals surface area contributed by atoms with Crippen LogP contribution >= 0.6 is 12.4 Å². The van der Waals surface area contributed by atoms with E-state index in [4.69, 9.17) is 0 Å². The van der Waals surface area contributed by atoms with Gasteiger partial charge in [-0.25, -0.2) is 0 Å². The van der Waals surface area contributed by atoms with Gasteiger partial charge in [-0.1, -0.05) is 31.9 Å². The molecule has 1 aromatic rings. The van der Waals surface area contributed by atoms with Gasteiger partial charge in [-0.3, -0.25) is 4.90 Å². The Balaban J connectivity index is 0.00000264. The first kappa shape index (κ1) is 20.1. The van der Waals surface area contributed by atoms with Crippen molar-refractivity contribution in [1.29, 1.82) is 0 Å². The number of alkyl halides is 3. The van der Waals surface area contributed by atoms with Crippen molar-refractivity contribution in [3.05, 3.63) is 29.8 Å². The van der Waals surface area contributed by atoms with Gasteiger partial charge in [0.05, 0.1) is 0 Å². The fraction of sp³-hybridized carbons (Fsp3) is 0.625. The third-order valence-corrected chi connectivity index (χ3v) is 3.90. The molecule has 1 aliphatic rings. The highest BCUT2D eigenvalue weighted by atomic mass is 35.5. The molecule has 0 unspecified atom stereocenters. The Morgan fingerprint density at radius 3 is 2.57 bits per heavy atom. The van der Waals surface area contributed by atoms with E-state index in [0.29, 0.717) is 0 Å². The minimum absolute atomic E-state index is 0. The van der Waals surface area contributed by atoms with Crippen LogP contribution in [-0.2, 0) is 0 Å². The maximum absolute atomic E-state index is 12.4. The second-order valence-corrected chi connectivity index (χ2v) is 5.56. The average Bonchev–Trinajstić information content (AvgIpc) is 2.47. The van der Waals surface area contributed by atoms with Crippen LogP contribution < -0.4 is 10.1 Å². The molecule has 0 bridgehead atoms. The maximum Gasteiger partial charge on any atom is 0.573 e. The Morgan fingerprint density at radius 2 is 1.96 bits per heavy atom. The minimum Gasteiger partial charge on any atom is -0.406 e. The first-order valence-electron chi connectivity index (χ1n) is 7.80. The fourth-order valence-electron chi connectivity index (χ4n) is 2.87. The molecule has 132 valence electrons. The van der Waals surface area contributed by atoms with E-state index in [1.807, 2.05) is 6.07 Å². The average molecular weight is 353 g/mol. The lowest BCUT2D eigenvalue weighted by Gasteiger charge is -2.35. The van der Waals surface area contributed by atoms with Crippen LogP contribution in [0.4, 0.5) is 13.2 Å². The van der Waals surface area contributed by atoms with Crippen LogP contribution in [0.25, 0.3) is 0 Å². The van der Waals surface area contributed by atoms with Gasteiger partial charge in [-0.15, -0.1) is 25.6 Å². The SMILES string of the molecule is CCCC[C@@H](c1cccc(OC(F)(F)F)c1)N1CCNCC1.Cl. The zero-order valence-electron chi connectivity index (χ0n) is 13.2. The zero-order chi connectivity index (χ0) is 16.0. The molecule has 0 amide bonds. The number of ether oxygens (including phenoxy) is 1. The molecule has 3 nitrogen and oxygen atoms in total. The summed E-state index contributed by atoms with van der Waals surface area (Å²) >= 11 is 0. The number of benzene rings is 1. The highest BCUT2D eigenvalue weighted by molar-refractivity contribution is 5.85. The highest BCUT2D eigenvalue weighted by Gasteiger charge is 2.31. The quantitative estimate of drug-likeness (QED) is 0.832. The van der Waals surface area contributed by atoms with E-state index in [-0.39, 0.29) is 24.2 Å². The van der Waals surface area contributed by atoms with Crippen LogP contribution in [0.15, 0.2) is 24.3 Å². The van der Waals surface area contributed by atoms with Gasteiger partial charge in [0.2, 0.25) is 0 Å². The molecule has 1 fully saturated rings. The van der Waals surface area contributed by atoms with Crippen LogP contribution in [0.1, 0.15) is 37.8 Å². The van der Waals surface area contributed by atoms with Crippen molar-refractivity contribution in [2.75, 3.05) is 26.2 Å². The lowest BCUT2D eigenvalue weighted by molar-refractivity contribution is -0.274. The summed E-state index contributed by atoms with van der Waals surface area (Å²) in [4.78, 5) is 2.35. The van der Waals surface area contributed by atoms with Gasteiger partial charge < -0.3 is 10.1 Å². The number of hydrogen-bond acceptors (Lipinski definition) is 3. The van der Waals surface area contributed by atoms with Crippen molar-refractivity contribution in [2.45, 2.75) is 38.6 Å². The number of halogens is 4. The van der Waals surface area contributed by atoms with E-state index in [1.54, 1.807) is 6.07 Å². The Bertz CT molecular complexity index is 465. The Hall–Kier alpha value is -0.980. The number of unbranched alkanes of at least 4 members (excludes halogenated alkanes) is 1. The van der Waals surface area contributed by atoms with Gasteiger partial charge in [0.1, 0.15) is 5.75 Å². The molecular weight excluding hydrogens is 329 g/mol. The molecule has 2 rings (SSSR count). The molecule has 23 heavy (non-hydrogen) atoms. The highest BCUT2D eigenvalue weighted by Crippen LogP contribution is 2.31. The molecule has 1 aromatic carbocycles. The second kappa shape index (κ2) is 9.35. The summed E-state index contributed by atoms with van der Waals surface area (Å²) in [5.74, 6) is -0.137. The van der Waals surface area contributed by atoms with Crippen LogP contribution in [-0.4, -0.2) is 37.4 Å². The van der Waals surface area contributed by atoms with Gasteiger partial charge in [0, 0.05) is 32.2 Å². The van der Waals surface area contributed by atoms with Gasteiger partial charge >= 0.3 is 6.36 Å². The standard InChI is InChI=1S/C16H23F3N2O.ClH/c1-2-3-7-15(21-10-8-20-9-11-21)13-5-4-6-14(12-13)22-16(17,18)19;/h4-6,12,15,20H,2-3,7-11H2,1H3;1H/t15-;/m0./s1. The van der Waals surface area contributed by atoms with E-state index >= 15 is 0 Å². The van der Waals surface area contributed by atoms with Crippen molar-refractivity contribution in [3.8, 4) is 5.75 Å². The molecule has 0 aliphatic carbocycles. The first-order valence-corrected chi connectivity index (χ1v) is 7.80. The third-order valence-electron chi connectivity index (χ3n) is 3.90. The van der Waals surface area contributed by atoms with E-state index in [1.165, 1.54) is 12.1 Å². The monoisotopic (exact) mass is 352 g/mol. The molecule has 1 heterocycles. The van der Waals surface area contributed by atoms with E-state index in [2.05, 4.69) is 21.9 Å². The van der Waals surface area contributed by atoms with E-state index in [9.17, 15) is 13.2 Å². The number of nitrogens with zero attached hydrogens (tertiary/aromatic N) is 1. The molecular formula is C16H24ClF3N2O. The second-order valence-electron chi connectivity index (χ2n) is 5.56. The van der Waals surface area contributed by atoms with Crippen molar-refractivity contribution < 1.29 is 17.9 Å². The topological polar surface area (TPSA) is 24.5 Å². The fourth-order valence-corrected chi connectivity index (χ4v) is 2.87. The summed E-state index contributed by atoms with van der Waals surface area (Å²) in [5, 5.41) is 3.30. The van der Waals surface area contributed by atoms with Gasteiger partial charge in [0.25, 0.3) is 0 Å². The zero-order valence-corrected chi connectivity index (χ0v) is 14.1. The molecule has 0 saturated carbocycles. The van der Waals surface area contributed by atoms with Crippen molar-refractivity contribution in [3.63, 3.8) is 0 Å². The number of nitrogens with one attached hydrogen (secondary N) is 1. The molecule has 0 radical (unpaired) electrons. The molecule has 1 saturated heterocycles. The summed E-state index contributed by atoms with van der Waals surface area (Å²) in [6.07, 6.45) is -1.57. The Labute approximate surface area is 141 Å². The predicted molar refractivity (Wildman–Crippen MR) is 87.1 cm³/mol. The summed E-state index contributed by atoms with van der Waals surface area (Å²) < 4.78 is 41.2. The van der Waals surface area contributed by atoms with Crippen molar-refractivity contribution in [2.24, 2.45) is 0 Å². The lowest BCUT2D eigenvalue weighted by Crippen LogP contribution is -2.45. The van der Waals surface area contributed by atoms with Crippen molar-refractivity contribution >= 4 is 12.4 Å². The lowest BCUT2D eigenvalue weighted by atomic mass is 9.98. The molecule has 1 N–H and O–H groups in total. The number of piperazine rings is 1. The normalized spacial score (nSPS) is 17.4. The smallest absolute Gasteiger partial charge is 0.406 e. The number of hydrogen-bond donors (Lipinski definition) is 1. The Morgan fingerprint density at radius 1 is 1.26 bits per heavy atom. The largest absolute Gasteiger partial charge is 0.573 e. The number of rotatable bonds is 6. The van der Waals surface area contributed by atoms with Gasteiger partial charge in [0.15, 0.2) is 0 Å². The van der Waals surface area contributed by atoms with Crippen LogP contribution in [0.5, 0.6) is 5.75 Å². The molecule has 0 aromatic heterocycles. The summed E-state index contributed by atoms with van der Waals surface area (Å²) in [7, 11) is 0. The van der Waals surface area contributed by atoms with Gasteiger partial charge in [-0.2, -0.15) is 0 Å². The van der Waals surface area contributed by atoms with E-state index < -0.39 is 6.36 Å². The summed E-state index contributed by atoms with van der Waals surface area (Å²) in [5.41, 5.74) is 0.900. The molecule has 1 atom stereocenters. The van der Waals surface area contributed by atoms with Crippen LogP contribution in [0.3, 0.4) is 0 Å². The predicted octanol–water partition coefficient (Wildman–Crippen LogP) is 4.14. The third kappa shape index (κ3) is 6.57. The van der Waals surface area contributed by atoms with Crippen molar-refractivity contribution in [1.82, 2.24) is 10.2 Å². The summed E-state index contributed by atoms with van der Waals surface area (Å²) in [6, 6.07) is 6.56. The van der Waals surface area contributed by atoms with E-state index in [0.717, 1.165) is 51.0 Å². The maximum atomic E-state index is 12.4. The minimum atomic E-state index is -4.65. The molecule has 0 spiro atoms. The Kier molecular flexibility index (Phi) is 8.16.